The molecule has 0 bridgehead atoms. The second-order valence-electron chi connectivity index (χ2n) is 6.63. The number of nitrogens with one attached hydrogen (secondary N) is 1. The minimum atomic E-state index is -0.440. The van der Waals surface area contributed by atoms with Crippen LogP contribution < -0.4 is 5.32 Å². The number of nitrogens with zero attached hydrogens (tertiary/aromatic N) is 1. The van der Waals surface area contributed by atoms with E-state index in [1.807, 2.05) is 37.4 Å². The van der Waals surface area contributed by atoms with E-state index in [0.29, 0.717) is 19.0 Å². The molecule has 0 saturated heterocycles. The number of hydrogen-bond acceptors (Lipinski definition) is 3. The van der Waals surface area contributed by atoms with E-state index < -0.39 is 6.04 Å². The van der Waals surface area contributed by atoms with E-state index in [9.17, 15) is 9.59 Å². The quantitative estimate of drug-likeness (QED) is 0.841. The molecule has 23 heavy (non-hydrogen) atoms. The van der Waals surface area contributed by atoms with Crippen molar-refractivity contribution in [3.8, 4) is 0 Å². The molecular formula is C19H28N2O2. The van der Waals surface area contributed by atoms with Gasteiger partial charge in [-0.25, -0.2) is 0 Å². The van der Waals surface area contributed by atoms with Gasteiger partial charge in [-0.05, 0) is 38.8 Å². The molecule has 0 heterocycles. The second-order valence-corrected chi connectivity index (χ2v) is 6.63. The zero-order valence-corrected chi connectivity index (χ0v) is 14.3. The number of likely N-dealkylation sites (N-methyl/N-ethyl adjacent to an activating group) is 1. The van der Waals surface area contributed by atoms with Crippen molar-refractivity contribution in [2.24, 2.45) is 0 Å². The zero-order chi connectivity index (χ0) is 16.7. The number of carbonyl (C=O) groups excluding carboxylic acids is 2. The highest BCUT2D eigenvalue weighted by Crippen LogP contribution is 2.21. The predicted molar refractivity (Wildman–Crippen MR) is 92.3 cm³/mol. The van der Waals surface area contributed by atoms with Crippen LogP contribution in [0.5, 0.6) is 0 Å². The lowest BCUT2D eigenvalue weighted by Crippen LogP contribution is -2.47. The van der Waals surface area contributed by atoms with Crippen LogP contribution in [0, 0.1) is 0 Å². The van der Waals surface area contributed by atoms with Crippen molar-refractivity contribution >= 4 is 11.7 Å². The lowest BCUT2D eigenvalue weighted by molar-refractivity contribution is -0.127. The van der Waals surface area contributed by atoms with Crippen molar-refractivity contribution in [1.82, 2.24) is 10.2 Å². The highest BCUT2D eigenvalue weighted by atomic mass is 16.2. The molecule has 126 valence electrons. The number of Topliss-reactive ketones (excluding diaryl/α,β-unsaturated/α-hetero) is 1. The first kappa shape index (κ1) is 17.7. The van der Waals surface area contributed by atoms with E-state index in [0.717, 1.165) is 5.56 Å². The molecule has 1 aliphatic rings. The van der Waals surface area contributed by atoms with Gasteiger partial charge in [0, 0.05) is 6.04 Å². The molecule has 1 fully saturated rings. The summed E-state index contributed by atoms with van der Waals surface area (Å²) in [7, 11) is 2.01. The average Bonchev–Trinajstić information content (AvgIpc) is 2.56. The summed E-state index contributed by atoms with van der Waals surface area (Å²) >= 11 is 0. The van der Waals surface area contributed by atoms with Crippen LogP contribution in [-0.4, -0.2) is 42.3 Å². The smallest absolute Gasteiger partial charge is 0.234 e. The summed E-state index contributed by atoms with van der Waals surface area (Å²) in [5.74, 6) is -0.0586. The molecule has 0 aromatic heterocycles. The summed E-state index contributed by atoms with van der Waals surface area (Å²) in [6, 6.07) is 9.87. The lowest BCUT2D eigenvalue weighted by Gasteiger charge is -2.31. The van der Waals surface area contributed by atoms with Crippen molar-refractivity contribution < 1.29 is 9.59 Å². The van der Waals surface area contributed by atoms with Gasteiger partial charge in [-0.15, -0.1) is 0 Å². The van der Waals surface area contributed by atoms with Gasteiger partial charge >= 0.3 is 0 Å². The maximum absolute atomic E-state index is 12.3. The first-order valence-electron chi connectivity index (χ1n) is 8.60. The molecule has 1 aromatic carbocycles. The molecule has 2 rings (SSSR count). The summed E-state index contributed by atoms with van der Waals surface area (Å²) < 4.78 is 0. The van der Waals surface area contributed by atoms with E-state index >= 15 is 0 Å². The van der Waals surface area contributed by atoms with Crippen LogP contribution in [-0.2, 0) is 16.0 Å². The molecule has 4 heteroatoms. The fraction of sp³-hybridized carbons (Fsp3) is 0.579. The molecule has 1 aliphatic carbocycles. The van der Waals surface area contributed by atoms with Crippen molar-refractivity contribution in [3.63, 3.8) is 0 Å². The summed E-state index contributed by atoms with van der Waals surface area (Å²) in [5.41, 5.74) is 1.06. The van der Waals surface area contributed by atoms with Crippen molar-refractivity contribution in [3.05, 3.63) is 35.9 Å². The maximum Gasteiger partial charge on any atom is 0.234 e. The minimum Gasteiger partial charge on any atom is -0.345 e. The molecule has 0 radical (unpaired) electrons. The molecule has 4 nitrogen and oxygen atoms in total. The van der Waals surface area contributed by atoms with E-state index in [1.54, 1.807) is 6.92 Å². The van der Waals surface area contributed by atoms with Crippen LogP contribution in [0.3, 0.4) is 0 Å². The van der Waals surface area contributed by atoms with E-state index in [2.05, 4.69) is 10.2 Å². The highest BCUT2D eigenvalue weighted by Gasteiger charge is 2.22. The Morgan fingerprint density at radius 1 is 1.17 bits per heavy atom. The number of carbonyl (C=O) groups is 2. The Labute approximate surface area is 139 Å². The standard InChI is InChI=1S/C19H28N2O2/c1-15(22)18(13-16-9-5-3-6-10-16)20-19(23)14-21(2)17-11-7-4-8-12-17/h3,5-6,9-10,17-18H,4,7-8,11-14H2,1-2H3,(H,20,23). The largest absolute Gasteiger partial charge is 0.345 e. The molecule has 1 amide bonds. The van der Waals surface area contributed by atoms with Gasteiger partial charge in [-0.2, -0.15) is 0 Å². The van der Waals surface area contributed by atoms with Gasteiger partial charge in [0.2, 0.25) is 5.91 Å². The molecule has 0 aliphatic heterocycles. The molecular weight excluding hydrogens is 288 g/mol. The summed E-state index contributed by atoms with van der Waals surface area (Å²) in [6.07, 6.45) is 6.70. The van der Waals surface area contributed by atoms with Gasteiger partial charge in [0.25, 0.3) is 0 Å². The Balaban J connectivity index is 1.86. The van der Waals surface area contributed by atoms with Gasteiger partial charge in [-0.1, -0.05) is 49.6 Å². The molecule has 0 spiro atoms. The number of ketones is 1. The minimum absolute atomic E-state index is 0.00234. The SMILES string of the molecule is CC(=O)C(Cc1ccccc1)NC(=O)CN(C)C1CCCCC1. The third-order valence-corrected chi connectivity index (χ3v) is 4.70. The van der Waals surface area contributed by atoms with Gasteiger partial charge in [-0.3, -0.25) is 14.5 Å². The van der Waals surface area contributed by atoms with Gasteiger partial charge < -0.3 is 5.32 Å². The van der Waals surface area contributed by atoms with E-state index in [-0.39, 0.29) is 11.7 Å². The van der Waals surface area contributed by atoms with Crippen LogP contribution >= 0.6 is 0 Å². The number of benzene rings is 1. The Bertz CT molecular complexity index is 509. The summed E-state index contributed by atoms with van der Waals surface area (Å²) in [6.45, 7) is 1.90. The fourth-order valence-corrected chi connectivity index (χ4v) is 3.26. The van der Waals surface area contributed by atoms with Gasteiger partial charge in [0.05, 0.1) is 12.6 Å². The predicted octanol–water partition coefficient (Wildman–Crippen LogP) is 2.57. The summed E-state index contributed by atoms with van der Waals surface area (Å²) in [5, 5.41) is 2.90. The molecule has 1 atom stereocenters. The highest BCUT2D eigenvalue weighted by molar-refractivity contribution is 5.88. The topological polar surface area (TPSA) is 49.4 Å². The molecule has 1 unspecified atom stereocenters. The number of rotatable bonds is 7. The zero-order valence-electron chi connectivity index (χ0n) is 14.3. The van der Waals surface area contributed by atoms with Crippen molar-refractivity contribution in [1.29, 1.82) is 0 Å². The third kappa shape index (κ3) is 5.79. The van der Waals surface area contributed by atoms with Gasteiger partial charge in [0.15, 0.2) is 5.78 Å². The average molecular weight is 316 g/mol. The first-order chi connectivity index (χ1) is 11.1. The number of hydrogen-bond donors (Lipinski definition) is 1. The first-order valence-corrected chi connectivity index (χ1v) is 8.60. The Morgan fingerprint density at radius 3 is 2.43 bits per heavy atom. The van der Waals surface area contributed by atoms with Crippen molar-refractivity contribution in [2.45, 2.75) is 57.5 Å². The van der Waals surface area contributed by atoms with Crippen LogP contribution in [0.1, 0.15) is 44.6 Å². The van der Waals surface area contributed by atoms with Crippen LogP contribution in [0.4, 0.5) is 0 Å². The molecule has 1 saturated carbocycles. The van der Waals surface area contributed by atoms with Crippen LogP contribution in [0.2, 0.25) is 0 Å². The van der Waals surface area contributed by atoms with Gasteiger partial charge in [0.1, 0.15) is 0 Å². The van der Waals surface area contributed by atoms with Crippen LogP contribution in [0.15, 0.2) is 30.3 Å². The Morgan fingerprint density at radius 2 is 1.83 bits per heavy atom. The molecule has 1 aromatic rings. The second kappa shape index (κ2) is 8.82. The monoisotopic (exact) mass is 316 g/mol. The third-order valence-electron chi connectivity index (χ3n) is 4.70. The van der Waals surface area contributed by atoms with E-state index in [4.69, 9.17) is 0 Å². The molecule has 1 N–H and O–H groups in total. The normalized spacial score (nSPS) is 17.0. The summed E-state index contributed by atoms with van der Waals surface area (Å²) in [4.78, 5) is 26.3. The maximum atomic E-state index is 12.3. The van der Waals surface area contributed by atoms with Crippen LogP contribution in [0.25, 0.3) is 0 Å². The number of amides is 1. The van der Waals surface area contributed by atoms with Crippen molar-refractivity contribution in [2.75, 3.05) is 13.6 Å². The van der Waals surface area contributed by atoms with E-state index in [1.165, 1.54) is 32.1 Å². The Kier molecular flexibility index (Phi) is 6.78. The fourth-order valence-electron chi connectivity index (χ4n) is 3.26. The Hall–Kier alpha value is -1.68. The lowest BCUT2D eigenvalue weighted by atomic mass is 9.94.